The van der Waals surface area contributed by atoms with E-state index in [1.165, 1.54) is 0 Å². The standard InChI is InChI=1S/C19H20O8/c20-9-5-1-3-7-18(9)12-11-13(18)16(23)25-14(12)17(24)27-19(26-15(11)22)8-4-2-6-10(19)21/h9-10,20-21H,1-8H2. The molecule has 8 heteroatoms. The Labute approximate surface area is 154 Å². The zero-order valence-corrected chi connectivity index (χ0v) is 14.7. The molecular formula is C19H20O8. The van der Waals surface area contributed by atoms with Crippen molar-refractivity contribution in [2.75, 3.05) is 0 Å². The molecule has 2 spiro atoms. The van der Waals surface area contributed by atoms with Gasteiger partial charge in [-0.1, -0.05) is 19.3 Å². The summed E-state index contributed by atoms with van der Waals surface area (Å²) in [5.41, 5.74) is -1.57. The number of fused-ring (bicyclic) bond motifs is 1. The minimum absolute atomic E-state index is 0.00371. The number of aliphatic hydroxyl groups excluding tert-OH is 2. The number of esters is 2. The van der Waals surface area contributed by atoms with Crippen molar-refractivity contribution in [3.8, 4) is 0 Å². The molecule has 144 valence electrons. The van der Waals surface area contributed by atoms with Crippen LogP contribution >= 0.6 is 0 Å². The molecule has 0 radical (unpaired) electrons. The Kier molecular flexibility index (Phi) is 3.40. The summed E-state index contributed by atoms with van der Waals surface area (Å²) in [7, 11) is 0. The van der Waals surface area contributed by atoms with Gasteiger partial charge < -0.3 is 24.1 Å². The molecule has 4 bridgehead atoms. The van der Waals surface area contributed by atoms with Crippen LogP contribution in [0.3, 0.4) is 0 Å². The van der Waals surface area contributed by atoms with E-state index in [0.717, 1.165) is 19.3 Å². The lowest BCUT2D eigenvalue weighted by molar-refractivity contribution is -0.240. The van der Waals surface area contributed by atoms with E-state index in [1.807, 2.05) is 0 Å². The largest absolute Gasteiger partial charge is 0.416 e. The Hall–Kier alpha value is -2.19. The maximum atomic E-state index is 12.9. The highest BCUT2D eigenvalue weighted by Gasteiger charge is 2.63. The van der Waals surface area contributed by atoms with Crippen molar-refractivity contribution in [1.29, 1.82) is 0 Å². The van der Waals surface area contributed by atoms with Crippen LogP contribution in [0.2, 0.25) is 0 Å². The number of ether oxygens (including phenoxy) is 2. The van der Waals surface area contributed by atoms with Gasteiger partial charge in [-0.05, 0) is 25.7 Å². The van der Waals surface area contributed by atoms with E-state index in [4.69, 9.17) is 13.9 Å². The van der Waals surface area contributed by atoms with Crippen molar-refractivity contribution in [2.24, 2.45) is 0 Å². The number of carbonyl (C=O) groups excluding carboxylic acids is 2. The molecular weight excluding hydrogens is 356 g/mol. The zero-order chi connectivity index (χ0) is 19.0. The maximum absolute atomic E-state index is 12.9. The molecule has 2 fully saturated rings. The Morgan fingerprint density at radius 2 is 1.48 bits per heavy atom. The number of aliphatic hydroxyl groups is 2. The molecule has 4 unspecified atom stereocenters. The first-order chi connectivity index (χ1) is 12.9. The molecule has 3 aliphatic carbocycles. The second-order valence-corrected chi connectivity index (χ2v) is 7.93. The molecule has 2 N–H and O–H groups in total. The normalized spacial score (nSPS) is 37.3. The molecule has 0 amide bonds. The number of carbonyl (C=O) groups is 2. The molecule has 27 heavy (non-hydrogen) atoms. The van der Waals surface area contributed by atoms with E-state index in [0.29, 0.717) is 25.7 Å². The monoisotopic (exact) mass is 376 g/mol. The molecule has 2 saturated carbocycles. The third-order valence-corrected chi connectivity index (χ3v) is 6.57. The van der Waals surface area contributed by atoms with E-state index in [2.05, 4.69) is 0 Å². The van der Waals surface area contributed by atoms with Crippen molar-refractivity contribution < 1.29 is 33.7 Å². The first-order valence-electron chi connectivity index (χ1n) is 9.45. The summed E-state index contributed by atoms with van der Waals surface area (Å²) in [6, 6.07) is 0. The molecule has 3 heterocycles. The highest BCUT2D eigenvalue weighted by atomic mass is 16.7. The quantitative estimate of drug-likeness (QED) is 0.646. The SMILES string of the molecule is O=C1OC2(CCCCC2O)OC(=O)c2c3c1oc(=O)c2C31CCCCC1O. The molecule has 1 aromatic heterocycles. The minimum atomic E-state index is -1.76. The summed E-state index contributed by atoms with van der Waals surface area (Å²) in [4.78, 5) is 38.3. The summed E-state index contributed by atoms with van der Waals surface area (Å²) in [5.74, 6) is -3.87. The molecule has 4 atom stereocenters. The van der Waals surface area contributed by atoms with E-state index in [1.54, 1.807) is 0 Å². The van der Waals surface area contributed by atoms with Crippen LogP contribution in [0.5, 0.6) is 0 Å². The summed E-state index contributed by atoms with van der Waals surface area (Å²) in [5, 5.41) is 21.0. The Morgan fingerprint density at radius 1 is 0.815 bits per heavy atom. The second kappa shape index (κ2) is 5.42. The fourth-order valence-electron chi connectivity index (χ4n) is 5.28. The van der Waals surface area contributed by atoms with Crippen LogP contribution in [0, 0.1) is 0 Å². The van der Waals surface area contributed by atoms with Crippen LogP contribution < -0.4 is 5.63 Å². The summed E-state index contributed by atoms with van der Waals surface area (Å²) in [6.07, 6.45) is 2.31. The molecule has 0 aromatic carbocycles. The molecule has 1 aromatic rings. The molecule has 2 aliphatic heterocycles. The highest BCUT2D eigenvalue weighted by Crippen LogP contribution is 2.56. The molecule has 5 aliphatic rings. The van der Waals surface area contributed by atoms with Crippen LogP contribution in [0.1, 0.15) is 83.4 Å². The van der Waals surface area contributed by atoms with Crippen molar-refractivity contribution in [2.45, 2.75) is 74.8 Å². The van der Waals surface area contributed by atoms with Gasteiger partial charge >= 0.3 is 17.6 Å². The third-order valence-electron chi connectivity index (χ3n) is 6.57. The zero-order valence-electron chi connectivity index (χ0n) is 14.7. The number of rotatable bonds is 0. The highest BCUT2D eigenvalue weighted by molar-refractivity contribution is 6.03. The lowest BCUT2D eigenvalue weighted by Gasteiger charge is -2.51. The van der Waals surface area contributed by atoms with Crippen LogP contribution in [0.4, 0.5) is 0 Å². The van der Waals surface area contributed by atoms with Gasteiger partial charge in [0, 0.05) is 12.0 Å². The predicted molar refractivity (Wildman–Crippen MR) is 88.3 cm³/mol. The van der Waals surface area contributed by atoms with E-state index in [-0.39, 0.29) is 28.9 Å². The first-order valence-corrected chi connectivity index (χ1v) is 9.45. The van der Waals surface area contributed by atoms with Crippen molar-refractivity contribution >= 4 is 11.9 Å². The Morgan fingerprint density at radius 3 is 2.19 bits per heavy atom. The van der Waals surface area contributed by atoms with Crippen LogP contribution in [0.25, 0.3) is 0 Å². The predicted octanol–water partition coefficient (Wildman–Crippen LogP) is 1.13. The van der Waals surface area contributed by atoms with Crippen LogP contribution in [-0.4, -0.2) is 40.1 Å². The van der Waals surface area contributed by atoms with Gasteiger partial charge in [0.25, 0.3) is 5.79 Å². The summed E-state index contributed by atoms with van der Waals surface area (Å²) < 4.78 is 16.1. The molecule has 8 nitrogen and oxygen atoms in total. The minimum Gasteiger partial charge on any atom is -0.416 e. The third kappa shape index (κ3) is 1.97. The van der Waals surface area contributed by atoms with Gasteiger partial charge in [-0.3, -0.25) is 0 Å². The fraction of sp³-hybridized carbons (Fsp3) is 0.632. The molecule has 6 rings (SSSR count). The molecule has 0 saturated heterocycles. The second-order valence-electron chi connectivity index (χ2n) is 7.93. The fourth-order valence-corrected chi connectivity index (χ4v) is 5.28. The first kappa shape index (κ1) is 16.9. The Balaban J connectivity index is 1.68. The van der Waals surface area contributed by atoms with Gasteiger partial charge in [0.2, 0.25) is 5.76 Å². The number of hydrogen-bond acceptors (Lipinski definition) is 8. The lowest BCUT2D eigenvalue weighted by Crippen LogP contribution is -2.60. The average Bonchev–Trinajstić information content (AvgIpc) is 2.62. The van der Waals surface area contributed by atoms with Crippen LogP contribution in [0.15, 0.2) is 9.21 Å². The van der Waals surface area contributed by atoms with Gasteiger partial charge in [-0.25, -0.2) is 14.4 Å². The maximum Gasteiger partial charge on any atom is 0.378 e. The van der Waals surface area contributed by atoms with Crippen molar-refractivity contribution in [1.82, 2.24) is 0 Å². The van der Waals surface area contributed by atoms with E-state index >= 15 is 0 Å². The topological polar surface area (TPSA) is 123 Å². The Bertz CT molecular complexity index is 892. The van der Waals surface area contributed by atoms with Crippen molar-refractivity contribution in [3.63, 3.8) is 0 Å². The average molecular weight is 376 g/mol. The van der Waals surface area contributed by atoms with Gasteiger partial charge in [0.05, 0.1) is 22.6 Å². The smallest absolute Gasteiger partial charge is 0.378 e. The van der Waals surface area contributed by atoms with Gasteiger partial charge in [0.1, 0.15) is 6.10 Å². The lowest BCUT2D eigenvalue weighted by atomic mass is 9.54. The van der Waals surface area contributed by atoms with Gasteiger partial charge in [-0.15, -0.1) is 0 Å². The summed E-state index contributed by atoms with van der Waals surface area (Å²) >= 11 is 0. The van der Waals surface area contributed by atoms with E-state index < -0.39 is 41.0 Å². The van der Waals surface area contributed by atoms with Gasteiger partial charge in [-0.2, -0.15) is 0 Å². The number of hydrogen-bond donors (Lipinski definition) is 2. The summed E-state index contributed by atoms with van der Waals surface area (Å²) in [6.45, 7) is 0. The van der Waals surface area contributed by atoms with Crippen LogP contribution in [-0.2, 0) is 14.9 Å². The van der Waals surface area contributed by atoms with Crippen molar-refractivity contribution in [3.05, 3.63) is 32.9 Å². The van der Waals surface area contributed by atoms with Gasteiger partial charge in [0.15, 0.2) is 0 Å². The van der Waals surface area contributed by atoms with E-state index in [9.17, 15) is 24.6 Å².